The lowest BCUT2D eigenvalue weighted by Crippen LogP contribution is -2.37. The van der Waals surface area contributed by atoms with E-state index in [1.54, 1.807) is 0 Å². The highest BCUT2D eigenvalue weighted by Gasteiger charge is 2.20. The number of aliphatic hydroxyl groups excluding tert-OH is 1. The predicted octanol–water partition coefficient (Wildman–Crippen LogP) is 0.992. The molecule has 0 aliphatic carbocycles. The molecule has 2 aliphatic heterocycles. The van der Waals surface area contributed by atoms with Gasteiger partial charge in [0.1, 0.15) is 13.2 Å². The van der Waals surface area contributed by atoms with Crippen molar-refractivity contribution in [1.29, 1.82) is 0 Å². The first kappa shape index (κ1) is 14.8. The molecule has 6 heteroatoms. The molecular weight excluding hydrogens is 290 g/mol. The van der Waals surface area contributed by atoms with E-state index in [-0.39, 0.29) is 0 Å². The second-order valence-electron chi connectivity index (χ2n) is 5.45. The first-order valence-electron chi connectivity index (χ1n) is 7.38. The van der Waals surface area contributed by atoms with E-state index in [9.17, 15) is 9.32 Å². The van der Waals surface area contributed by atoms with Gasteiger partial charge in [0.25, 0.3) is 0 Å². The zero-order chi connectivity index (χ0) is 14.7. The number of fused-ring (bicyclic) bond motifs is 1. The number of benzene rings is 1. The van der Waals surface area contributed by atoms with Gasteiger partial charge >= 0.3 is 0 Å². The van der Waals surface area contributed by atoms with Crippen molar-refractivity contribution >= 4 is 10.8 Å². The second kappa shape index (κ2) is 6.77. The SMILES string of the molecule is O=S1CCC(NCC(O)c2ccc3c(c2)OCCO3)CC1. The van der Waals surface area contributed by atoms with Gasteiger partial charge in [0.2, 0.25) is 0 Å². The Labute approximate surface area is 127 Å². The van der Waals surface area contributed by atoms with Crippen LogP contribution >= 0.6 is 0 Å². The van der Waals surface area contributed by atoms with E-state index in [2.05, 4.69) is 5.32 Å². The van der Waals surface area contributed by atoms with Crippen LogP contribution in [-0.2, 0) is 10.8 Å². The van der Waals surface area contributed by atoms with Crippen molar-refractivity contribution in [2.45, 2.75) is 25.0 Å². The number of hydrogen-bond acceptors (Lipinski definition) is 5. The van der Waals surface area contributed by atoms with E-state index < -0.39 is 16.9 Å². The molecule has 2 N–H and O–H groups in total. The van der Waals surface area contributed by atoms with Crippen molar-refractivity contribution in [1.82, 2.24) is 5.32 Å². The van der Waals surface area contributed by atoms with Crippen LogP contribution in [0.2, 0.25) is 0 Å². The maximum atomic E-state index is 11.3. The smallest absolute Gasteiger partial charge is 0.161 e. The summed E-state index contributed by atoms with van der Waals surface area (Å²) in [6.07, 6.45) is 1.26. The summed E-state index contributed by atoms with van der Waals surface area (Å²) in [6.45, 7) is 1.61. The summed E-state index contributed by atoms with van der Waals surface area (Å²) in [4.78, 5) is 0. The Balaban J connectivity index is 1.55. The fourth-order valence-corrected chi connectivity index (χ4v) is 3.96. The van der Waals surface area contributed by atoms with Crippen LogP contribution in [-0.4, -0.2) is 46.6 Å². The Kier molecular flexibility index (Phi) is 4.77. The van der Waals surface area contributed by atoms with E-state index in [1.807, 2.05) is 18.2 Å². The largest absolute Gasteiger partial charge is 0.486 e. The Morgan fingerprint density at radius 3 is 2.71 bits per heavy atom. The molecule has 1 fully saturated rings. The zero-order valence-corrected chi connectivity index (χ0v) is 12.7. The molecular formula is C15H21NO4S. The highest BCUT2D eigenvalue weighted by Crippen LogP contribution is 2.32. The maximum absolute atomic E-state index is 11.3. The second-order valence-corrected chi connectivity index (χ2v) is 7.15. The lowest BCUT2D eigenvalue weighted by Gasteiger charge is -2.24. The van der Waals surface area contributed by atoms with Crippen LogP contribution in [0.15, 0.2) is 18.2 Å². The molecule has 21 heavy (non-hydrogen) atoms. The standard InChI is InChI=1S/C15H21NO4S/c17-13(10-16-12-3-7-21(18)8-4-12)11-1-2-14-15(9-11)20-6-5-19-14/h1-2,9,12-13,16-17H,3-8,10H2. The normalized spacial score (nSPS) is 26.3. The molecule has 1 atom stereocenters. The summed E-state index contributed by atoms with van der Waals surface area (Å²) in [5.41, 5.74) is 0.825. The minimum Gasteiger partial charge on any atom is -0.486 e. The molecule has 0 saturated carbocycles. The van der Waals surface area contributed by atoms with E-state index in [0.29, 0.717) is 31.5 Å². The Hall–Kier alpha value is -1.11. The fourth-order valence-electron chi connectivity index (χ4n) is 2.66. The van der Waals surface area contributed by atoms with Crippen molar-refractivity contribution in [3.05, 3.63) is 23.8 Å². The van der Waals surface area contributed by atoms with E-state index in [0.717, 1.165) is 35.7 Å². The lowest BCUT2D eigenvalue weighted by atomic mass is 10.1. The van der Waals surface area contributed by atoms with Gasteiger partial charge in [0.05, 0.1) is 6.10 Å². The van der Waals surface area contributed by atoms with Gasteiger partial charge in [-0.05, 0) is 30.5 Å². The number of nitrogens with one attached hydrogen (secondary N) is 1. The van der Waals surface area contributed by atoms with E-state index in [1.165, 1.54) is 0 Å². The Morgan fingerprint density at radius 2 is 1.95 bits per heavy atom. The third kappa shape index (κ3) is 3.75. The zero-order valence-electron chi connectivity index (χ0n) is 11.9. The Morgan fingerprint density at radius 1 is 1.24 bits per heavy atom. The number of aliphatic hydroxyl groups is 1. The average Bonchev–Trinajstić information content (AvgIpc) is 2.53. The average molecular weight is 311 g/mol. The molecule has 2 aliphatic rings. The van der Waals surface area contributed by atoms with Crippen LogP contribution in [0, 0.1) is 0 Å². The minimum absolute atomic E-state index is 0.356. The van der Waals surface area contributed by atoms with Gasteiger partial charge in [-0.15, -0.1) is 0 Å². The van der Waals surface area contributed by atoms with E-state index in [4.69, 9.17) is 9.47 Å². The maximum Gasteiger partial charge on any atom is 0.161 e. The molecule has 0 amide bonds. The van der Waals surface area contributed by atoms with Gasteiger partial charge in [0, 0.05) is 34.9 Å². The molecule has 1 saturated heterocycles. The molecule has 0 radical (unpaired) electrons. The van der Waals surface area contributed by atoms with Crippen molar-refractivity contribution in [3.8, 4) is 11.5 Å². The summed E-state index contributed by atoms with van der Waals surface area (Å²) >= 11 is 0. The van der Waals surface area contributed by atoms with Crippen LogP contribution < -0.4 is 14.8 Å². The number of rotatable bonds is 4. The first-order valence-corrected chi connectivity index (χ1v) is 8.87. The van der Waals surface area contributed by atoms with Gasteiger partial charge in [-0.1, -0.05) is 6.07 Å². The van der Waals surface area contributed by atoms with Crippen LogP contribution in [0.25, 0.3) is 0 Å². The topological polar surface area (TPSA) is 67.8 Å². The van der Waals surface area contributed by atoms with Crippen LogP contribution in [0.3, 0.4) is 0 Å². The van der Waals surface area contributed by atoms with Crippen molar-refractivity contribution < 1.29 is 18.8 Å². The Bertz CT molecular complexity index is 512. The summed E-state index contributed by atoms with van der Waals surface area (Å²) in [5, 5.41) is 13.6. The van der Waals surface area contributed by atoms with Gasteiger partial charge in [-0.2, -0.15) is 0 Å². The van der Waals surface area contributed by atoms with Crippen LogP contribution in [0.4, 0.5) is 0 Å². The van der Waals surface area contributed by atoms with Crippen molar-refractivity contribution in [2.75, 3.05) is 31.3 Å². The molecule has 0 bridgehead atoms. The van der Waals surface area contributed by atoms with Gasteiger partial charge < -0.3 is 19.9 Å². The van der Waals surface area contributed by atoms with E-state index >= 15 is 0 Å². The minimum atomic E-state index is -0.646. The quantitative estimate of drug-likeness (QED) is 0.868. The summed E-state index contributed by atoms with van der Waals surface area (Å²) < 4.78 is 22.3. The molecule has 0 spiro atoms. The summed E-state index contributed by atoms with van der Waals surface area (Å²) in [7, 11) is -0.646. The highest BCUT2D eigenvalue weighted by molar-refractivity contribution is 7.85. The summed E-state index contributed by atoms with van der Waals surface area (Å²) in [5.74, 6) is 2.96. The van der Waals surface area contributed by atoms with Crippen molar-refractivity contribution in [2.24, 2.45) is 0 Å². The fraction of sp³-hybridized carbons (Fsp3) is 0.600. The molecule has 5 nitrogen and oxygen atoms in total. The van der Waals surface area contributed by atoms with Gasteiger partial charge in [0.15, 0.2) is 11.5 Å². The van der Waals surface area contributed by atoms with Gasteiger partial charge in [-0.3, -0.25) is 4.21 Å². The monoisotopic (exact) mass is 311 g/mol. The molecule has 1 unspecified atom stereocenters. The lowest BCUT2D eigenvalue weighted by molar-refractivity contribution is 0.160. The number of hydrogen-bond donors (Lipinski definition) is 2. The summed E-state index contributed by atoms with van der Waals surface area (Å²) in [6, 6.07) is 5.91. The van der Waals surface area contributed by atoms with Gasteiger partial charge in [-0.25, -0.2) is 0 Å². The molecule has 1 aromatic carbocycles. The van der Waals surface area contributed by atoms with Crippen molar-refractivity contribution in [3.63, 3.8) is 0 Å². The van der Waals surface area contributed by atoms with Crippen LogP contribution in [0.5, 0.6) is 11.5 Å². The molecule has 2 heterocycles. The molecule has 116 valence electrons. The molecule has 1 aromatic rings. The van der Waals surface area contributed by atoms with Crippen LogP contribution in [0.1, 0.15) is 24.5 Å². The number of ether oxygens (including phenoxy) is 2. The third-order valence-electron chi connectivity index (χ3n) is 3.94. The highest BCUT2D eigenvalue weighted by atomic mass is 32.2. The first-order chi connectivity index (χ1) is 10.2. The third-order valence-corrected chi connectivity index (χ3v) is 5.32. The molecule has 3 rings (SSSR count). The predicted molar refractivity (Wildman–Crippen MR) is 81.3 cm³/mol. The molecule has 0 aromatic heterocycles.